The summed E-state index contributed by atoms with van der Waals surface area (Å²) in [5.74, 6) is 0.951. The van der Waals surface area contributed by atoms with Gasteiger partial charge in [-0.1, -0.05) is 72.8 Å². The van der Waals surface area contributed by atoms with Gasteiger partial charge in [0.05, 0.1) is 7.11 Å². The minimum absolute atomic E-state index is 0.951. The first-order chi connectivity index (χ1) is 10.9. The molecule has 22 heavy (non-hydrogen) atoms. The third kappa shape index (κ3) is 1.94. The molecule has 0 radical (unpaired) electrons. The summed E-state index contributed by atoms with van der Waals surface area (Å²) in [4.78, 5) is 0. The molecule has 0 N–H and O–H groups in total. The van der Waals surface area contributed by atoms with E-state index < -0.39 is 0 Å². The third-order valence-corrected chi connectivity index (χ3v) is 4.13. The highest BCUT2D eigenvalue weighted by Crippen LogP contribution is 2.40. The zero-order chi connectivity index (χ0) is 14.9. The summed E-state index contributed by atoms with van der Waals surface area (Å²) in [7, 11) is 1.75. The van der Waals surface area contributed by atoms with Crippen LogP contribution in [0.1, 0.15) is 0 Å². The van der Waals surface area contributed by atoms with Crippen molar-refractivity contribution in [2.75, 3.05) is 7.11 Å². The molecular weight excluding hydrogens is 268 g/mol. The van der Waals surface area contributed by atoms with Crippen molar-refractivity contribution in [2.45, 2.75) is 0 Å². The van der Waals surface area contributed by atoms with Gasteiger partial charge in [-0.2, -0.15) is 0 Å². The van der Waals surface area contributed by atoms with E-state index >= 15 is 0 Å². The molecule has 0 amide bonds. The molecule has 4 aromatic rings. The Morgan fingerprint density at radius 1 is 0.682 bits per heavy atom. The number of benzene rings is 4. The number of rotatable bonds is 2. The highest BCUT2D eigenvalue weighted by Gasteiger charge is 2.12. The SMILES string of the molecule is COc1c2ccccc2cc2cccc(-c3ccccc3)c12. The van der Waals surface area contributed by atoms with Crippen LogP contribution in [-0.4, -0.2) is 7.11 Å². The topological polar surface area (TPSA) is 9.23 Å². The van der Waals surface area contributed by atoms with Crippen LogP contribution in [0.15, 0.2) is 78.9 Å². The number of hydrogen-bond donors (Lipinski definition) is 0. The van der Waals surface area contributed by atoms with Crippen LogP contribution in [0.5, 0.6) is 5.75 Å². The van der Waals surface area contributed by atoms with Gasteiger partial charge in [0.25, 0.3) is 0 Å². The Bertz CT molecular complexity index is 955. The molecule has 0 aliphatic carbocycles. The molecule has 0 heterocycles. The van der Waals surface area contributed by atoms with Crippen molar-refractivity contribution in [1.29, 1.82) is 0 Å². The molecule has 1 heteroatoms. The molecule has 0 fully saturated rings. The Labute approximate surface area is 129 Å². The molecule has 0 saturated carbocycles. The van der Waals surface area contributed by atoms with Gasteiger partial charge in [0.2, 0.25) is 0 Å². The Morgan fingerprint density at radius 2 is 1.41 bits per heavy atom. The Morgan fingerprint density at radius 3 is 2.23 bits per heavy atom. The summed E-state index contributed by atoms with van der Waals surface area (Å²) in [6.07, 6.45) is 0. The van der Waals surface area contributed by atoms with E-state index in [-0.39, 0.29) is 0 Å². The number of hydrogen-bond acceptors (Lipinski definition) is 1. The molecule has 0 spiro atoms. The van der Waals surface area contributed by atoms with Gasteiger partial charge in [0.1, 0.15) is 5.75 Å². The smallest absolute Gasteiger partial charge is 0.135 e. The molecule has 1 nitrogen and oxygen atoms in total. The van der Waals surface area contributed by atoms with E-state index in [2.05, 4.69) is 72.8 Å². The van der Waals surface area contributed by atoms with Crippen molar-refractivity contribution in [3.8, 4) is 16.9 Å². The maximum absolute atomic E-state index is 5.80. The second-order valence-corrected chi connectivity index (χ2v) is 5.40. The summed E-state index contributed by atoms with van der Waals surface area (Å²) in [6, 6.07) is 27.5. The first-order valence-electron chi connectivity index (χ1n) is 7.42. The number of methoxy groups -OCH3 is 1. The minimum Gasteiger partial charge on any atom is -0.495 e. The predicted octanol–water partition coefficient (Wildman–Crippen LogP) is 5.67. The van der Waals surface area contributed by atoms with Crippen molar-refractivity contribution in [3.05, 3.63) is 78.9 Å². The molecule has 0 aliphatic rings. The van der Waals surface area contributed by atoms with E-state index in [1.54, 1.807) is 7.11 Å². The van der Waals surface area contributed by atoms with E-state index in [1.807, 2.05) is 6.07 Å². The van der Waals surface area contributed by atoms with Crippen molar-refractivity contribution in [1.82, 2.24) is 0 Å². The Kier molecular flexibility index (Phi) is 3.05. The summed E-state index contributed by atoms with van der Waals surface area (Å²) in [5.41, 5.74) is 2.42. The zero-order valence-electron chi connectivity index (χ0n) is 12.4. The van der Waals surface area contributed by atoms with Crippen LogP contribution < -0.4 is 4.74 Å². The van der Waals surface area contributed by atoms with Gasteiger partial charge in [0.15, 0.2) is 0 Å². The van der Waals surface area contributed by atoms with Crippen molar-refractivity contribution in [2.24, 2.45) is 0 Å². The normalized spacial score (nSPS) is 11.0. The lowest BCUT2D eigenvalue weighted by Crippen LogP contribution is -1.90. The van der Waals surface area contributed by atoms with Crippen LogP contribution in [0.3, 0.4) is 0 Å². The fraction of sp³-hybridized carbons (Fsp3) is 0.0476. The van der Waals surface area contributed by atoms with E-state index in [9.17, 15) is 0 Å². The van der Waals surface area contributed by atoms with Crippen LogP contribution in [0, 0.1) is 0 Å². The van der Waals surface area contributed by atoms with Gasteiger partial charge >= 0.3 is 0 Å². The van der Waals surface area contributed by atoms with Gasteiger partial charge in [0, 0.05) is 10.8 Å². The van der Waals surface area contributed by atoms with Crippen LogP contribution in [0.4, 0.5) is 0 Å². The summed E-state index contributed by atoms with van der Waals surface area (Å²) >= 11 is 0. The van der Waals surface area contributed by atoms with Crippen LogP contribution in [0.25, 0.3) is 32.7 Å². The molecule has 0 atom stereocenters. The third-order valence-electron chi connectivity index (χ3n) is 4.13. The summed E-state index contributed by atoms with van der Waals surface area (Å²) < 4.78 is 5.80. The summed E-state index contributed by atoms with van der Waals surface area (Å²) in [6.45, 7) is 0. The molecule has 4 aromatic carbocycles. The van der Waals surface area contributed by atoms with E-state index in [1.165, 1.54) is 27.3 Å². The lowest BCUT2D eigenvalue weighted by molar-refractivity contribution is 0.425. The lowest BCUT2D eigenvalue weighted by atomic mass is 9.94. The molecule has 0 unspecified atom stereocenters. The molecule has 0 aliphatic heterocycles. The number of ether oxygens (including phenoxy) is 1. The minimum atomic E-state index is 0.951. The van der Waals surface area contributed by atoms with Crippen LogP contribution in [-0.2, 0) is 0 Å². The molecule has 106 valence electrons. The van der Waals surface area contributed by atoms with E-state index in [0.717, 1.165) is 11.1 Å². The fourth-order valence-corrected chi connectivity index (χ4v) is 3.15. The Hall–Kier alpha value is -2.80. The predicted molar refractivity (Wildman–Crippen MR) is 93.4 cm³/mol. The zero-order valence-corrected chi connectivity index (χ0v) is 12.4. The maximum Gasteiger partial charge on any atom is 0.135 e. The van der Waals surface area contributed by atoms with Gasteiger partial charge < -0.3 is 4.74 Å². The first-order valence-corrected chi connectivity index (χ1v) is 7.42. The van der Waals surface area contributed by atoms with Crippen LogP contribution in [0.2, 0.25) is 0 Å². The molecule has 0 aromatic heterocycles. The highest BCUT2D eigenvalue weighted by molar-refractivity contribution is 6.11. The van der Waals surface area contributed by atoms with Gasteiger partial charge in [-0.05, 0) is 28.0 Å². The quantitative estimate of drug-likeness (QED) is 0.431. The molecular formula is C21H16O. The first kappa shape index (κ1) is 12.9. The largest absolute Gasteiger partial charge is 0.495 e. The van der Waals surface area contributed by atoms with E-state index in [0.29, 0.717) is 0 Å². The fourth-order valence-electron chi connectivity index (χ4n) is 3.15. The average Bonchev–Trinajstić information content (AvgIpc) is 2.60. The van der Waals surface area contributed by atoms with Gasteiger partial charge in [-0.3, -0.25) is 0 Å². The second-order valence-electron chi connectivity index (χ2n) is 5.40. The van der Waals surface area contributed by atoms with E-state index in [4.69, 9.17) is 4.74 Å². The standard InChI is InChI=1S/C21H16O/c1-22-21-19-12-6-5-10-16(19)14-17-11-7-13-18(20(17)21)15-8-3-2-4-9-15/h2-14H,1H3. The number of fused-ring (bicyclic) bond motifs is 2. The van der Waals surface area contributed by atoms with Crippen molar-refractivity contribution >= 4 is 21.5 Å². The van der Waals surface area contributed by atoms with Gasteiger partial charge in [-0.25, -0.2) is 0 Å². The maximum atomic E-state index is 5.80. The monoisotopic (exact) mass is 284 g/mol. The Balaban J connectivity index is 2.18. The van der Waals surface area contributed by atoms with Crippen molar-refractivity contribution in [3.63, 3.8) is 0 Å². The molecule has 0 bridgehead atoms. The second kappa shape index (κ2) is 5.19. The average molecular weight is 284 g/mol. The van der Waals surface area contributed by atoms with Gasteiger partial charge in [-0.15, -0.1) is 0 Å². The highest BCUT2D eigenvalue weighted by atomic mass is 16.5. The van der Waals surface area contributed by atoms with Crippen molar-refractivity contribution < 1.29 is 4.74 Å². The molecule has 0 saturated heterocycles. The molecule has 4 rings (SSSR count). The van der Waals surface area contributed by atoms with Crippen LogP contribution >= 0.6 is 0 Å². The lowest BCUT2D eigenvalue weighted by Gasteiger charge is -2.14. The summed E-state index contributed by atoms with van der Waals surface area (Å²) in [5, 5.41) is 4.74.